The zero-order chi connectivity index (χ0) is 11.5. The molecular weight excluding hydrogens is 196 g/mol. The summed E-state index contributed by atoms with van der Waals surface area (Å²) in [6, 6.07) is 4.46. The first-order chi connectivity index (χ1) is 7.66. The lowest BCUT2D eigenvalue weighted by atomic mass is 9.94. The number of hydrogen-bond acceptors (Lipinski definition) is 2. The normalized spacial score (nSPS) is 22.6. The van der Waals surface area contributed by atoms with E-state index in [0.717, 1.165) is 6.54 Å². The largest absolute Gasteiger partial charge is 0.306 e. The average Bonchev–Trinajstić information content (AvgIpc) is 2.29. The summed E-state index contributed by atoms with van der Waals surface area (Å²) in [5, 5.41) is 0. The lowest BCUT2D eigenvalue weighted by molar-refractivity contribution is 0.248. The summed E-state index contributed by atoms with van der Waals surface area (Å²) < 4.78 is 0. The molecule has 16 heavy (non-hydrogen) atoms. The number of likely N-dealkylation sites (tertiary alicyclic amines) is 1. The van der Waals surface area contributed by atoms with Crippen LogP contribution >= 0.6 is 0 Å². The summed E-state index contributed by atoms with van der Waals surface area (Å²) in [5.74, 6) is 1.22. The topological polar surface area (TPSA) is 16.1 Å². The van der Waals surface area contributed by atoms with Crippen molar-refractivity contribution in [2.24, 2.45) is 0 Å². The summed E-state index contributed by atoms with van der Waals surface area (Å²) >= 11 is 0. The van der Waals surface area contributed by atoms with Crippen molar-refractivity contribution in [1.82, 2.24) is 9.88 Å². The molecule has 1 aliphatic heterocycles. The zero-order valence-electron chi connectivity index (χ0n) is 10.6. The van der Waals surface area contributed by atoms with Crippen LogP contribution in [0.1, 0.15) is 49.8 Å². The highest BCUT2D eigenvalue weighted by molar-refractivity contribution is 5.19. The Morgan fingerprint density at radius 3 is 2.75 bits per heavy atom. The molecule has 2 heterocycles. The van der Waals surface area contributed by atoms with E-state index in [1.807, 2.05) is 0 Å². The van der Waals surface area contributed by atoms with Crippen LogP contribution in [0.3, 0.4) is 0 Å². The van der Waals surface area contributed by atoms with Gasteiger partial charge in [-0.2, -0.15) is 0 Å². The Morgan fingerprint density at radius 2 is 2.19 bits per heavy atom. The highest BCUT2D eigenvalue weighted by atomic mass is 15.1. The minimum atomic E-state index is 0.579. The molecule has 0 N–H and O–H groups in total. The second-order valence-corrected chi connectivity index (χ2v) is 5.27. The Balaban J connectivity index is 2.09. The van der Waals surface area contributed by atoms with Gasteiger partial charge >= 0.3 is 0 Å². The molecule has 1 unspecified atom stereocenters. The second-order valence-electron chi connectivity index (χ2n) is 5.27. The Bertz CT molecular complexity index is 329. The monoisotopic (exact) mass is 218 g/mol. The van der Waals surface area contributed by atoms with Gasteiger partial charge < -0.3 is 4.90 Å². The van der Waals surface area contributed by atoms with E-state index in [1.165, 1.54) is 30.6 Å². The third kappa shape index (κ3) is 2.62. The van der Waals surface area contributed by atoms with Gasteiger partial charge in [0.05, 0.1) is 0 Å². The molecule has 2 rings (SSSR count). The number of piperidine rings is 1. The van der Waals surface area contributed by atoms with Crippen LogP contribution in [-0.2, 0) is 0 Å². The molecule has 1 aromatic rings. The number of likely N-dealkylation sites (N-methyl/N-ethyl adjacent to an activating group) is 1. The summed E-state index contributed by atoms with van der Waals surface area (Å²) in [6.45, 7) is 6.82. The lowest BCUT2D eigenvalue weighted by Gasteiger charge is -2.29. The molecule has 2 heteroatoms. The van der Waals surface area contributed by atoms with Crippen LogP contribution in [0.2, 0.25) is 0 Å². The summed E-state index contributed by atoms with van der Waals surface area (Å²) in [6.07, 6.45) is 4.64. The molecule has 1 saturated heterocycles. The van der Waals surface area contributed by atoms with Crippen molar-refractivity contribution < 1.29 is 0 Å². The van der Waals surface area contributed by atoms with Crippen LogP contribution in [0.4, 0.5) is 0 Å². The van der Waals surface area contributed by atoms with Crippen molar-refractivity contribution in [1.29, 1.82) is 0 Å². The predicted octanol–water partition coefficient (Wildman–Crippen LogP) is 3.01. The first-order valence-electron chi connectivity index (χ1n) is 6.31. The summed E-state index contributed by atoms with van der Waals surface area (Å²) in [7, 11) is 2.20. The first-order valence-corrected chi connectivity index (χ1v) is 6.31. The van der Waals surface area contributed by atoms with Gasteiger partial charge in [-0.05, 0) is 44.0 Å². The molecule has 0 aromatic carbocycles. The lowest BCUT2D eigenvalue weighted by Crippen LogP contribution is -2.31. The van der Waals surface area contributed by atoms with Crippen molar-refractivity contribution in [3.63, 3.8) is 0 Å². The minimum Gasteiger partial charge on any atom is -0.306 e. The highest BCUT2D eigenvalue weighted by Gasteiger charge is 2.19. The van der Waals surface area contributed by atoms with Crippen molar-refractivity contribution in [2.75, 3.05) is 20.1 Å². The number of hydrogen-bond donors (Lipinski definition) is 0. The number of aromatic nitrogens is 1. The Morgan fingerprint density at radius 1 is 1.38 bits per heavy atom. The smallest absolute Gasteiger partial charge is 0.0447 e. The van der Waals surface area contributed by atoms with E-state index < -0.39 is 0 Å². The highest BCUT2D eigenvalue weighted by Crippen LogP contribution is 2.25. The van der Waals surface area contributed by atoms with Crippen molar-refractivity contribution >= 4 is 0 Å². The maximum atomic E-state index is 4.63. The van der Waals surface area contributed by atoms with Crippen LogP contribution in [0.25, 0.3) is 0 Å². The van der Waals surface area contributed by atoms with E-state index in [4.69, 9.17) is 0 Å². The number of nitrogens with zero attached hydrogens (tertiary/aromatic N) is 2. The Hall–Kier alpha value is -0.890. The number of pyridine rings is 1. The van der Waals surface area contributed by atoms with E-state index in [9.17, 15) is 0 Å². The van der Waals surface area contributed by atoms with Gasteiger partial charge in [-0.15, -0.1) is 0 Å². The molecule has 1 aromatic heterocycles. The van der Waals surface area contributed by atoms with E-state index in [-0.39, 0.29) is 0 Å². The SMILES string of the molecule is CC(C)c1ccc(C2CCCN(C)C2)nc1. The summed E-state index contributed by atoms with van der Waals surface area (Å²) in [4.78, 5) is 7.04. The van der Waals surface area contributed by atoms with Gasteiger partial charge in [0.25, 0.3) is 0 Å². The molecule has 88 valence electrons. The van der Waals surface area contributed by atoms with E-state index >= 15 is 0 Å². The fraction of sp³-hybridized carbons (Fsp3) is 0.643. The Kier molecular flexibility index (Phi) is 3.59. The fourth-order valence-electron chi connectivity index (χ4n) is 2.41. The van der Waals surface area contributed by atoms with E-state index in [2.05, 4.69) is 49.1 Å². The maximum Gasteiger partial charge on any atom is 0.0447 e. The molecule has 1 aliphatic rings. The quantitative estimate of drug-likeness (QED) is 0.758. The predicted molar refractivity (Wildman–Crippen MR) is 67.8 cm³/mol. The molecule has 0 saturated carbocycles. The van der Waals surface area contributed by atoms with Gasteiger partial charge in [-0.3, -0.25) is 4.98 Å². The number of rotatable bonds is 2. The molecule has 0 amide bonds. The van der Waals surface area contributed by atoms with Gasteiger partial charge in [0, 0.05) is 24.4 Å². The third-order valence-corrected chi connectivity index (χ3v) is 3.52. The van der Waals surface area contributed by atoms with Gasteiger partial charge in [0.15, 0.2) is 0 Å². The molecular formula is C14H22N2. The zero-order valence-corrected chi connectivity index (χ0v) is 10.6. The van der Waals surface area contributed by atoms with Crippen LogP contribution in [0.5, 0.6) is 0 Å². The van der Waals surface area contributed by atoms with Crippen LogP contribution in [-0.4, -0.2) is 30.0 Å². The fourth-order valence-corrected chi connectivity index (χ4v) is 2.41. The van der Waals surface area contributed by atoms with Crippen molar-refractivity contribution in [2.45, 2.75) is 38.5 Å². The van der Waals surface area contributed by atoms with Crippen molar-refractivity contribution in [3.05, 3.63) is 29.6 Å². The van der Waals surface area contributed by atoms with Crippen LogP contribution in [0, 0.1) is 0 Å². The van der Waals surface area contributed by atoms with Gasteiger partial charge in [0.2, 0.25) is 0 Å². The molecule has 1 atom stereocenters. The molecule has 0 bridgehead atoms. The maximum absolute atomic E-state index is 4.63. The van der Waals surface area contributed by atoms with E-state index in [1.54, 1.807) is 0 Å². The van der Waals surface area contributed by atoms with E-state index in [0.29, 0.717) is 11.8 Å². The molecule has 0 spiro atoms. The molecule has 0 radical (unpaired) electrons. The summed E-state index contributed by atoms with van der Waals surface area (Å²) in [5.41, 5.74) is 2.61. The first kappa shape index (κ1) is 11.6. The molecule has 1 fully saturated rings. The van der Waals surface area contributed by atoms with Crippen LogP contribution < -0.4 is 0 Å². The molecule has 2 nitrogen and oxygen atoms in total. The minimum absolute atomic E-state index is 0.579. The Labute approximate surface area is 98.7 Å². The van der Waals surface area contributed by atoms with Gasteiger partial charge in [-0.25, -0.2) is 0 Å². The average molecular weight is 218 g/mol. The van der Waals surface area contributed by atoms with Gasteiger partial charge in [0.1, 0.15) is 0 Å². The van der Waals surface area contributed by atoms with Crippen LogP contribution in [0.15, 0.2) is 18.3 Å². The molecule has 0 aliphatic carbocycles. The second kappa shape index (κ2) is 4.96. The van der Waals surface area contributed by atoms with Gasteiger partial charge in [-0.1, -0.05) is 19.9 Å². The standard InChI is InChI=1S/C14H22N2/c1-11(2)12-6-7-14(15-9-12)13-5-4-8-16(3)10-13/h6-7,9,11,13H,4-5,8,10H2,1-3H3. The van der Waals surface area contributed by atoms with Crippen molar-refractivity contribution in [3.8, 4) is 0 Å². The third-order valence-electron chi connectivity index (χ3n) is 3.52.